The summed E-state index contributed by atoms with van der Waals surface area (Å²) in [5, 5.41) is 9.63. The highest BCUT2D eigenvalue weighted by atomic mass is 35.5. The van der Waals surface area contributed by atoms with Gasteiger partial charge in [0.1, 0.15) is 18.1 Å². The first-order valence-corrected chi connectivity index (χ1v) is 9.71. The van der Waals surface area contributed by atoms with Crippen LogP contribution in [0.3, 0.4) is 0 Å². The molecule has 4 rings (SSSR count). The van der Waals surface area contributed by atoms with Crippen LogP contribution in [0.5, 0.6) is 5.75 Å². The normalized spacial score (nSPS) is 11.0. The van der Waals surface area contributed by atoms with Crippen LogP contribution in [0.4, 0.5) is 0 Å². The third kappa shape index (κ3) is 4.12. The fourth-order valence-corrected chi connectivity index (χ4v) is 3.34. The summed E-state index contributed by atoms with van der Waals surface area (Å²) >= 11 is 6.12. The summed E-state index contributed by atoms with van der Waals surface area (Å²) in [7, 11) is 0. The van der Waals surface area contributed by atoms with E-state index in [0.717, 1.165) is 22.2 Å². The molecular formula is C22H20ClN3O3. The lowest BCUT2D eigenvalue weighted by Gasteiger charge is -2.08. The van der Waals surface area contributed by atoms with Crippen molar-refractivity contribution in [2.24, 2.45) is 0 Å². The molecule has 29 heavy (non-hydrogen) atoms. The first kappa shape index (κ1) is 19.1. The molecule has 2 heterocycles. The number of rotatable bonds is 7. The highest BCUT2D eigenvalue weighted by Gasteiger charge is 2.14. The Morgan fingerprint density at radius 3 is 2.86 bits per heavy atom. The molecule has 0 aliphatic heterocycles. The molecule has 0 radical (unpaired) electrons. The number of furan rings is 1. The molecule has 0 saturated heterocycles. The maximum atomic E-state index is 12.4. The van der Waals surface area contributed by atoms with Crippen LogP contribution in [0.15, 0.2) is 65.2 Å². The second-order valence-corrected chi connectivity index (χ2v) is 6.88. The Bertz CT molecular complexity index is 1140. The molecule has 2 aromatic heterocycles. The minimum absolute atomic E-state index is 0.222. The van der Waals surface area contributed by atoms with E-state index in [1.165, 1.54) is 0 Å². The zero-order chi connectivity index (χ0) is 20.2. The van der Waals surface area contributed by atoms with Crippen molar-refractivity contribution < 1.29 is 13.9 Å². The van der Waals surface area contributed by atoms with Gasteiger partial charge in [-0.15, -0.1) is 0 Å². The van der Waals surface area contributed by atoms with Crippen molar-refractivity contribution in [1.29, 1.82) is 0 Å². The zero-order valence-electron chi connectivity index (χ0n) is 15.9. The van der Waals surface area contributed by atoms with Crippen molar-refractivity contribution >= 4 is 28.3 Å². The van der Waals surface area contributed by atoms with Crippen molar-refractivity contribution in [2.75, 3.05) is 0 Å². The summed E-state index contributed by atoms with van der Waals surface area (Å²) in [6.07, 6.45) is 1.57. The number of halogens is 1. The van der Waals surface area contributed by atoms with Crippen LogP contribution < -0.4 is 10.1 Å². The number of carbonyl (C=O) groups excluding carboxylic acids is 1. The van der Waals surface area contributed by atoms with Gasteiger partial charge < -0.3 is 14.5 Å². The predicted octanol–water partition coefficient (Wildman–Crippen LogP) is 4.81. The minimum Gasteiger partial charge on any atom is -0.485 e. The number of hydrogen-bond acceptors (Lipinski definition) is 4. The average molecular weight is 410 g/mol. The Labute approximate surface area is 173 Å². The number of aryl methyl sites for hydroxylation is 1. The van der Waals surface area contributed by atoms with Gasteiger partial charge in [-0.05, 0) is 30.5 Å². The molecule has 4 aromatic rings. The van der Waals surface area contributed by atoms with Gasteiger partial charge in [0, 0.05) is 11.9 Å². The van der Waals surface area contributed by atoms with Crippen LogP contribution in [0.25, 0.3) is 10.8 Å². The molecule has 6 nitrogen and oxygen atoms in total. The molecule has 1 N–H and O–H groups in total. The Morgan fingerprint density at radius 2 is 2.00 bits per heavy atom. The van der Waals surface area contributed by atoms with Crippen LogP contribution >= 0.6 is 11.6 Å². The van der Waals surface area contributed by atoms with Gasteiger partial charge in [0.2, 0.25) is 0 Å². The summed E-state index contributed by atoms with van der Waals surface area (Å²) in [6, 6.07) is 17.3. The molecule has 0 bridgehead atoms. The predicted molar refractivity (Wildman–Crippen MR) is 111 cm³/mol. The highest BCUT2D eigenvalue weighted by Crippen LogP contribution is 2.26. The number of nitrogens with one attached hydrogen (secondary N) is 1. The summed E-state index contributed by atoms with van der Waals surface area (Å²) < 4.78 is 13.3. The number of aromatic nitrogens is 2. The number of fused-ring (bicyclic) bond motifs is 1. The van der Waals surface area contributed by atoms with E-state index >= 15 is 0 Å². The van der Waals surface area contributed by atoms with Gasteiger partial charge in [-0.25, -0.2) is 0 Å². The fraction of sp³-hybridized carbons (Fsp3) is 0.182. The highest BCUT2D eigenvalue weighted by molar-refractivity contribution is 6.31. The Kier molecular flexibility index (Phi) is 5.53. The van der Waals surface area contributed by atoms with Gasteiger partial charge in [-0.2, -0.15) is 5.10 Å². The summed E-state index contributed by atoms with van der Waals surface area (Å²) in [4.78, 5) is 12.4. The second kappa shape index (κ2) is 8.41. The molecule has 1 amide bonds. The van der Waals surface area contributed by atoms with Crippen LogP contribution in [-0.2, 0) is 19.7 Å². The third-order valence-corrected chi connectivity index (χ3v) is 4.93. The minimum atomic E-state index is -0.318. The first-order chi connectivity index (χ1) is 14.2. The zero-order valence-corrected chi connectivity index (χ0v) is 16.6. The van der Waals surface area contributed by atoms with E-state index < -0.39 is 0 Å². The lowest BCUT2D eigenvalue weighted by Crippen LogP contribution is -2.24. The number of amides is 1. The average Bonchev–Trinajstić information content (AvgIpc) is 3.37. The van der Waals surface area contributed by atoms with Gasteiger partial charge in [-0.1, -0.05) is 48.0 Å². The van der Waals surface area contributed by atoms with E-state index in [4.69, 9.17) is 20.8 Å². The Morgan fingerprint density at radius 1 is 1.17 bits per heavy atom. The van der Waals surface area contributed by atoms with Crippen molar-refractivity contribution in [2.45, 2.75) is 26.6 Å². The SMILES string of the molecule is CCn1ncc(Cl)c1CNC(=O)c1ccc(COc2cccc3ccccc23)o1. The topological polar surface area (TPSA) is 69.3 Å². The van der Waals surface area contributed by atoms with Gasteiger partial charge in [0.05, 0.1) is 23.5 Å². The molecule has 0 saturated carbocycles. The van der Waals surface area contributed by atoms with Crippen LogP contribution in [0.2, 0.25) is 5.02 Å². The number of hydrogen-bond donors (Lipinski definition) is 1. The molecule has 2 aromatic carbocycles. The Balaban J connectivity index is 1.39. The van der Waals surface area contributed by atoms with E-state index in [1.54, 1.807) is 23.0 Å². The van der Waals surface area contributed by atoms with E-state index in [0.29, 0.717) is 17.3 Å². The van der Waals surface area contributed by atoms with Crippen molar-refractivity contribution in [3.05, 3.63) is 83.0 Å². The number of benzene rings is 2. The Hall–Kier alpha value is -3.25. The van der Waals surface area contributed by atoms with Gasteiger partial charge in [0.15, 0.2) is 5.76 Å². The fourth-order valence-electron chi connectivity index (χ4n) is 3.14. The largest absolute Gasteiger partial charge is 0.485 e. The van der Waals surface area contributed by atoms with E-state index in [9.17, 15) is 4.79 Å². The third-order valence-electron chi connectivity index (χ3n) is 4.62. The maximum Gasteiger partial charge on any atom is 0.287 e. The van der Waals surface area contributed by atoms with E-state index in [-0.39, 0.29) is 24.8 Å². The van der Waals surface area contributed by atoms with Crippen LogP contribution in [0.1, 0.15) is 28.9 Å². The van der Waals surface area contributed by atoms with Crippen molar-refractivity contribution in [3.8, 4) is 5.75 Å². The van der Waals surface area contributed by atoms with Gasteiger partial charge in [0.25, 0.3) is 5.91 Å². The lowest BCUT2D eigenvalue weighted by atomic mass is 10.1. The first-order valence-electron chi connectivity index (χ1n) is 9.33. The van der Waals surface area contributed by atoms with Gasteiger partial charge in [-0.3, -0.25) is 9.48 Å². The molecule has 0 fully saturated rings. The summed E-state index contributed by atoms with van der Waals surface area (Å²) in [5.74, 6) is 1.24. The number of carbonyl (C=O) groups is 1. The van der Waals surface area contributed by atoms with E-state index in [1.807, 2.05) is 49.4 Å². The smallest absolute Gasteiger partial charge is 0.287 e. The monoisotopic (exact) mass is 409 g/mol. The number of nitrogens with zero attached hydrogens (tertiary/aromatic N) is 2. The molecule has 148 valence electrons. The van der Waals surface area contributed by atoms with Gasteiger partial charge >= 0.3 is 0 Å². The van der Waals surface area contributed by atoms with Crippen LogP contribution in [0, 0.1) is 0 Å². The summed E-state index contributed by atoms with van der Waals surface area (Å²) in [6.45, 7) is 3.14. The van der Waals surface area contributed by atoms with E-state index in [2.05, 4.69) is 10.4 Å². The molecular weight excluding hydrogens is 390 g/mol. The quantitative estimate of drug-likeness (QED) is 0.475. The maximum absolute atomic E-state index is 12.4. The molecule has 0 unspecified atom stereocenters. The lowest BCUT2D eigenvalue weighted by molar-refractivity contribution is 0.0918. The summed E-state index contributed by atoms with van der Waals surface area (Å²) in [5.41, 5.74) is 0.758. The number of ether oxygens (including phenoxy) is 1. The molecule has 7 heteroatoms. The molecule has 0 aliphatic rings. The second-order valence-electron chi connectivity index (χ2n) is 6.47. The molecule has 0 spiro atoms. The molecule has 0 atom stereocenters. The van der Waals surface area contributed by atoms with Crippen molar-refractivity contribution in [1.82, 2.24) is 15.1 Å². The van der Waals surface area contributed by atoms with Crippen molar-refractivity contribution in [3.63, 3.8) is 0 Å². The molecule has 0 aliphatic carbocycles. The van der Waals surface area contributed by atoms with Crippen LogP contribution in [-0.4, -0.2) is 15.7 Å². The standard InChI is InChI=1S/C22H20ClN3O3/c1-2-26-19(18(23)12-25-26)13-24-22(27)21-11-10-16(29-21)14-28-20-9-5-7-15-6-3-4-8-17(15)20/h3-12H,2,13-14H2,1H3,(H,24,27).